The quantitative estimate of drug-likeness (QED) is 0.420. The maximum absolute atomic E-state index is 12.6. The number of hydrogen-bond acceptors (Lipinski definition) is 4. The largest absolute Gasteiger partial charge is 0.465 e. The zero-order valence-corrected chi connectivity index (χ0v) is 17.3. The van der Waals surface area contributed by atoms with Gasteiger partial charge in [0.05, 0.1) is 22.4 Å². The van der Waals surface area contributed by atoms with Crippen LogP contribution in [-0.2, 0) is 16.1 Å². The zero-order chi connectivity index (χ0) is 18.7. The third kappa shape index (κ3) is 4.04. The Kier molecular flexibility index (Phi) is 5.87. The Morgan fingerprint density at radius 1 is 1.23 bits per heavy atom. The van der Waals surface area contributed by atoms with Crippen LogP contribution in [0.25, 0.3) is 10.2 Å². The maximum Gasteiger partial charge on any atom is 0.326 e. The summed E-state index contributed by atoms with van der Waals surface area (Å²) in [6.45, 7) is 4.11. The van der Waals surface area contributed by atoms with Crippen molar-refractivity contribution in [2.75, 3.05) is 6.61 Å². The number of esters is 1. The molecule has 2 aromatic carbocycles. The number of rotatable bonds is 4. The first-order valence-corrected chi connectivity index (χ1v) is 9.98. The first-order valence-electron chi connectivity index (χ1n) is 8.08. The number of carbonyl (C=O) groups excluding carboxylic acids is 2. The third-order valence-corrected chi connectivity index (χ3v) is 5.71. The highest BCUT2D eigenvalue weighted by Gasteiger charge is 2.14. The van der Waals surface area contributed by atoms with E-state index in [1.54, 1.807) is 17.6 Å². The third-order valence-electron chi connectivity index (χ3n) is 3.73. The molecule has 3 rings (SSSR count). The van der Waals surface area contributed by atoms with E-state index in [1.165, 1.54) is 11.3 Å². The lowest BCUT2D eigenvalue weighted by Crippen LogP contribution is -2.23. The van der Waals surface area contributed by atoms with Crippen LogP contribution in [-0.4, -0.2) is 23.1 Å². The van der Waals surface area contributed by atoms with E-state index in [2.05, 4.69) is 27.6 Å². The molecule has 134 valence electrons. The summed E-state index contributed by atoms with van der Waals surface area (Å²) in [6.07, 6.45) is 0. The number of carbonyl (C=O) groups is 2. The first kappa shape index (κ1) is 18.8. The fourth-order valence-corrected chi connectivity index (χ4v) is 4.28. The topological polar surface area (TPSA) is 60.7 Å². The van der Waals surface area contributed by atoms with Crippen molar-refractivity contribution in [2.24, 2.45) is 4.99 Å². The van der Waals surface area contributed by atoms with Crippen LogP contribution in [0.2, 0.25) is 0 Å². The van der Waals surface area contributed by atoms with Gasteiger partial charge in [-0.05, 0) is 66.3 Å². The van der Waals surface area contributed by atoms with E-state index in [0.717, 1.165) is 19.4 Å². The minimum absolute atomic E-state index is 0.0227. The van der Waals surface area contributed by atoms with Crippen molar-refractivity contribution in [3.8, 4) is 0 Å². The summed E-state index contributed by atoms with van der Waals surface area (Å²) in [7, 11) is 0. The van der Waals surface area contributed by atoms with E-state index in [4.69, 9.17) is 4.74 Å². The molecule has 0 aliphatic carbocycles. The SMILES string of the molecule is CCOC(=O)Cn1c(=NC(=O)c2ccccc2I)sc2cc(C)ccc21. The highest BCUT2D eigenvalue weighted by molar-refractivity contribution is 14.1. The number of thiazole rings is 1. The number of ether oxygens (including phenoxy) is 1. The molecule has 0 saturated carbocycles. The minimum Gasteiger partial charge on any atom is -0.465 e. The molecule has 0 saturated heterocycles. The Bertz CT molecular complexity index is 1050. The van der Waals surface area contributed by atoms with Gasteiger partial charge in [0.2, 0.25) is 0 Å². The zero-order valence-electron chi connectivity index (χ0n) is 14.4. The average Bonchev–Trinajstić information content (AvgIpc) is 2.91. The molecule has 0 aliphatic rings. The number of hydrogen-bond donors (Lipinski definition) is 0. The van der Waals surface area contributed by atoms with Crippen LogP contribution in [0.5, 0.6) is 0 Å². The van der Waals surface area contributed by atoms with E-state index in [1.807, 2.05) is 43.3 Å². The van der Waals surface area contributed by atoms with Crippen molar-refractivity contribution in [3.05, 3.63) is 62.0 Å². The second kappa shape index (κ2) is 8.13. The normalized spacial score (nSPS) is 11.7. The van der Waals surface area contributed by atoms with Crippen molar-refractivity contribution in [1.82, 2.24) is 4.57 Å². The van der Waals surface area contributed by atoms with Gasteiger partial charge < -0.3 is 9.30 Å². The van der Waals surface area contributed by atoms with Crippen molar-refractivity contribution in [1.29, 1.82) is 0 Å². The lowest BCUT2D eigenvalue weighted by atomic mass is 10.2. The number of benzene rings is 2. The van der Waals surface area contributed by atoms with E-state index >= 15 is 0 Å². The van der Waals surface area contributed by atoms with Crippen LogP contribution in [0.1, 0.15) is 22.8 Å². The van der Waals surface area contributed by atoms with E-state index < -0.39 is 0 Å². The highest BCUT2D eigenvalue weighted by atomic mass is 127. The molecule has 26 heavy (non-hydrogen) atoms. The number of aryl methyl sites for hydroxylation is 1. The van der Waals surface area contributed by atoms with Crippen molar-refractivity contribution in [3.63, 3.8) is 0 Å². The predicted molar refractivity (Wildman–Crippen MR) is 110 cm³/mol. The molecular weight excluding hydrogens is 463 g/mol. The number of fused-ring (bicyclic) bond motifs is 1. The van der Waals surface area contributed by atoms with Crippen LogP contribution in [0, 0.1) is 10.5 Å². The fourth-order valence-electron chi connectivity index (χ4n) is 2.54. The van der Waals surface area contributed by atoms with E-state index in [0.29, 0.717) is 17.0 Å². The van der Waals surface area contributed by atoms with Crippen molar-refractivity contribution < 1.29 is 14.3 Å². The molecule has 0 radical (unpaired) electrons. The molecule has 1 amide bonds. The second-order valence-electron chi connectivity index (χ2n) is 5.64. The van der Waals surface area contributed by atoms with Crippen LogP contribution in [0.4, 0.5) is 0 Å². The Morgan fingerprint density at radius 2 is 2.00 bits per heavy atom. The lowest BCUT2D eigenvalue weighted by Gasteiger charge is -2.05. The Hall–Kier alpha value is -2.00. The predicted octanol–water partition coefficient (Wildman–Crippen LogP) is 3.92. The minimum atomic E-state index is -0.351. The van der Waals surface area contributed by atoms with Crippen LogP contribution in [0.3, 0.4) is 0 Å². The summed E-state index contributed by atoms with van der Waals surface area (Å²) in [5.74, 6) is -0.674. The van der Waals surface area contributed by atoms with E-state index in [9.17, 15) is 9.59 Å². The van der Waals surface area contributed by atoms with Gasteiger partial charge in [-0.2, -0.15) is 4.99 Å². The molecule has 1 heterocycles. The fraction of sp³-hybridized carbons (Fsp3) is 0.211. The summed E-state index contributed by atoms with van der Waals surface area (Å²) in [5.41, 5.74) is 2.52. The number of nitrogens with zero attached hydrogens (tertiary/aromatic N) is 2. The molecule has 0 atom stereocenters. The molecule has 7 heteroatoms. The molecule has 1 aromatic heterocycles. The molecule has 5 nitrogen and oxygen atoms in total. The molecule has 0 spiro atoms. The van der Waals surface area contributed by atoms with Crippen molar-refractivity contribution in [2.45, 2.75) is 20.4 Å². The number of aromatic nitrogens is 1. The summed E-state index contributed by atoms with van der Waals surface area (Å²) in [6, 6.07) is 13.2. The van der Waals surface area contributed by atoms with Gasteiger partial charge in [-0.3, -0.25) is 9.59 Å². The van der Waals surface area contributed by atoms with Gasteiger partial charge in [0, 0.05) is 3.57 Å². The Labute approximate surface area is 168 Å². The number of halogens is 1. The molecule has 0 unspecified atom stereocenters. The van der Waals surface area contributed by atoms with Crippen LogP contribution < -0.4 is 4.80 Å². The second-order valence-corrected chi connectivity index (χ2v) is 7.82. The van der Waals surface area contributed by atoms with Gasteiger partial charge in [0.1, 0.15) is 6.54 Å². The van der Waals surface area contributed by atoms with Gasteiger partial charge in [-0.15, -0.1) is 0 Å². The summed E-state index contributed by atoms with van der Waals surface area (Å²) >= 11 is 3.51. The Morgan fingerprint density at radius 3 is 2.73 bits per heavy atom. The van der Waals surface area contributed by atoms with Gasteiger partial charge in [-0.1, -0.05) is 29.5 Å². The van der Waals surface area contributed by atoms with E-state index in [-0.39, 0.29) is 18.4 Å². The molecule has 0 N–H and O–H groups in total. The summed E-state index contributed by atoms with van der Waals surface area (Å²) in [4.78, 5) is 29.5. The average molecular weight is 480 g/mol. The van der Waals surface area contributed by atoms with Crippen LogP contribution >= 0.6 is 33.9 Å². The highest BCUT2D eigenvalue weighted by Crippen LogP contribution is 2.19. The maximum atomic E-state index is 12.6. The number of amides is 1. The van der Waals surface area contributed by atoms with Crippen molar-refractivity contribution >= 4 is 56.0 Å². The first-order chi connectivity index (χ1) is 12.5. The Balaban J connectivity index is 2.13. The van der Waals surface area contributed by atoms with Gasteiger partial charge >= 0.3 is 5.97 Å². The smallest absolute Gasteiger partial charge is 0.326 e. The van der Waals surface area contributed by atoms with Gasteiger partial charge in [0.15, 0.2) is 4.80 Å². The van der Waals surface area contributed by atoms with Gasteiger partial charge in [-0.25, -0.2) is 0 Å². The molecule has 0 fully saturated rings. The van der Waals surface area contributed by atoms with Gasteiger partial charge in [0.25, 0.3) is 5.91 Å². The molecular formula is C19H17IN2O3S. The lowest BCUT2D eigenvalue weighted by molar-refractivity contribution is -0.143. The summed E-state index contributed by atoms with van der Waals surface area (Å²) < 4.78 is 8.63. The molecule has 0 aliphatic heterocycles. The summed E-state index contributed by atoms with van der Waals surface area (Å²) in [5, 5.41) is 0. The monoisotopic (exact) mass is 480 g/mol. The standard InChI is InChI=1S/C19H17IN2O3S/c1-3-25-17(23)11-22-15-9-8-12(2)10-16(15)26-19(22)21-18(24)13-6-4-5-7-14(13)20/h4-10H,3,11H2,1-2H3. The molecule has 0 bridgehead atoms. The molecule has 3 aromatic rings. The van der Waals surface area contributed by atoms with Crippen LogP contribution in [0.15, 0.2) is 47.5 Å².